The van der Waals surface area contributed by atoms with E-state index >= 15 is 0 Å². The number of fused-ring (bicyclic) bond motifs is 1. The Balaban J connectivity index is 1.78. The van der Waals surface area contributed by atoms with Crippen molar-refractivity contribution < 1.29 is 4.42 Å². The monoisotopic (exact) mass is 247 g/mol. The Morgan fingerprint density at radius 3 is 3.00 bits per heavy atom. The highest BCUT2D eigenvalue weighted by atomic mass is 16.4. The second-order valence-corrected chi connectivity index (χ2v) is 5.17. The molecule has 1 saturated carbocycles. The summed E-state index contributed by atoms with van der Waals surface area (Å²) in [6, 6.07) is 6.12. The predicted octanol–water partition coefficient (Wildman–Crippen LogP) is 1.29. The van der Waals surface area contributed by atoms with E-state index in [1.807, 2.05) is 18.2 Å². The van der Waals surface area contributed by atoms with Crippen molar-refractivity contribution in [3.8, 4) is 0 Å². The number of H-pyrrole nitrogens is 1. The average Bonchev–Trinajstić information content (AvgIpc) is 2.65. The quantitative estimate of drug-likeness (QED) is 0.857. The lowest BCUT2D eigenvalue weighted by molar-refractivity contribution is 0.271. The molecule has 0 aliphatic heterocycles. The summed E-state index contributed by atoms with van der Waals surface area (Å²) in [6.07, 6.45) is 2.21. The fraction of sp³-hybridized carbons (Fsp3) is 0.462. The summed E-state index contributed by atoms with van der Waals surface area (Å²) in [4.78, 5) is 16.0. The van der Waals surface area contributed by atoms with Crippen LogP contribution in [0.1, 0.15) is 12.8 Å². The Morgan fingerprint density at radius 1 is 1.50 bits per heavy atom. The Kier molecular flexibility index (Phi) is 2.63. The van der Waals surface area contributed by atoms with Crippen molar-refractivity contribution in [3.05, 3.63) is 28.7 Å². The van der Waals surface area contributed by atoms with Crippen LogP contribution in [0.3, 0.4) is 0 Å². The second-order valence-electron chi connectivity index (χ2n) is 5.17. The van der Waals surface area contributed by atoms with Crippen molar-refractivity contribution in [1.82, 2.24) is 4.98 Å². The minimum Gasteiger partial charge on any atom is -0.408 e. The number of nitrogens with zero attached hydrogens (tertiary/aromatic N) is 1. The lowest BCUT2D eigenvalue weighted by Gasteiger charge is -2.36. The van der Waals surface area contributed by atoms with E-state index in [4.69, 9.17) is 10.2 Å². The SMILES string of the molecule is CN(CC1CC(N)C1)c1ccc2oc(=O)[nH]c2c1. The first kappa shape index (κ1) is 11.3. The van der Waals surface area contributed by atoms with Crippen LogP contribution in [0.4, 0.5) is 5.69 Å². The van der Waals surface area contributed by atoms with Gasteiger partial charge < -0.3 is 15.1 Å². The highest BCUT2D eigenvalue weighted by molar-refractivity contribution is 5.77. The molecule has 2 aromatic rings. The smallest absolute Gasteiger partial charge is 0.408 e. The standard InChI is InChI=1S/C13H17N3O2/c1-16(7-8-4-9(14)5-8)10-2-3-12-11(6-10)15-13(17)18-12/h2-3,6,8-9H,4-5,7,14H2,1H3,(H,15,17). The fourth-order valence-corrected chi connectivity index (χ4v) is 2.61. The summed E-state index contributed by atoms with van der Waals surface area (Å²) in [6.45, 7) is 1.00. The minimum absolute atomic E-state index is 0.385. The molecule has 5 nitrogen and oxygen atoms in total. The van der Waals surface area contributed by atoms with Crippen molar-refractivity contribution >= 4 is 16.8 Å². The van der Waals surface area contributed by atoms with E-state index in [2.05, 4.69) is 16.9 Å². The summed E-state index contributed by atoms with van der Waals surface area (Å²) in [5.41, 5.74) is 8.22. The maximum atomic E-state index is 11.1. The number of anilines is 1. The Hall–Kier alpha value is -1.75. The van der Waals surface area contributed by atoms with Crippen LogP contribution in [0.5, 0.6) is 0 Å². The lowest BCUT2D eigenvalue weighted by atomic mass is 9.80. The molecule has 5 heteroatoms. The Morgan fingerprint density at radius 2 is 2.28 bits per heavy atom. The minimum atomic E-state index is -0.408. The van der Waals surface area contributed by atoms with E-state index in [9.17, 15) is 4.79 Å². The summed E-state index contributed by atoms with van der Waals surface area (Å²) < 4.78 is 4.98. The number of nitrogens with one attached hydrogen (secondary N) is 1. The first-order chi connectivity index (χ1) is 8.61. The molecule has 0 amide bonds. The van der Waals surface area contributed by atoms with Crippen LogP contribution >= 0.6 is 0 Å². The summed E-state index contributed by atoms with van der Waals surface area (Å²) in [5, 5.41) is 0. The van der Waals surface area contributed by atoms with Crippen LogP contribution < -0.4 is 16.4 Å². The van der Waals surface area contributed by atoms with Gasteiger partial charge in [-0.2, -0.15) is 0 Å². The first-order valence-corrected chi connectivity index (χ1v) is 6.21. The zero-order valence-corrected chi connectivity index (χ0v) is 10.3. The third-order valence-electron chi connectivity index (χ3n) is 3.65. The van der Waals surface area contributed by atoms with Crippen molar-refractivity contribution in [3.63, 3.8) is 0 Å². The zero-order valence-electron chi connectivity index (χ0n) is 10.3. The predicted molar refractivity (Wildman–Crippen MR) is 70.8 cm³/mol. The molecule has 18 heavy (non-hydrogen) atoms. The molecular formula is C13H17N3O2. The lowest BCUT2D eigenvalue weighted by Crippen LogP contribution is -2.41. The molecule has 0 spiro atoms. The van der Waals surface area contributed by atoms with E-state index in [0.29, 0.717) is 17.5 Å². The Labute approximate surface area is 105 Å². The van der Waals surface area contributed by atoms with Gasteiger partial charge in [-0.3, -0.25) is 4.98 Å². The number of aromatic amines is 1. The summed E-state index contributed by atoms with van der Waals surface area (Å²) in [7, 11) is 2.06. The number of nitrogens with two attached hydrogens (primary N) is 1. The maximum Gasteiger partial charge on any atom is 0.417 e. The number of oxazole rings is 1. The molecule has 1 aromatic carbocycles. The second kappa shape index (κ2) is 4.17. The molecule has 3 rings (SSSR count). The topological polar surface area (TPSA) is 75.3 Å². The molecule has 0 radical (unpaired) electrons. The van der Waals surface area contributed by atoms with Crippen LogP contribution in [0.15, 0.2) is 27.4 Å². The van der Waals surface area contributed by atoms with Gasteiger partial charge in [-0.1, -0.05) is 0 Å². The average molecular weight is 247 g/mol. The molecule has 0 atom stereocenters. The van der Waals surface area contributed by atoms with E-state index < -0.39 is 5.76 Å². The van der Waals surface area contributed by atoms with E-state index in [0.717, 1.165) is 30.6 Å². The van der Waals surface area contributed by atoms with Gasteiger partial charge in [0, 0.05) is 25.3 Å². The van der Waals surface area contributed by atoms with Gasteiger partial charge in [0.15, 0.2) is 5.58 Å². The van der Waals surface area contributed by atoms with Crippen molar-refractivity contribution in [1.29, 1.82) is 0 Å². The molecule has 1 aromatic heterocycles. The van der Waals surface area contributed by atoms with Crippen molar-refractivity contribution in [2.24, 2.45) is 11.7 Å². The summed E-state index contributed by atoms with van der Waals surface area (Å²) >= 11 is 0. The molecule has 1 aliphatic rings. The van der Waals surface area contributed by atoms with Gasteiger partial charge in [-0.05, 0) is 37.0 Å². The number of benzene rings is 1. The number of hydrogen-bond acceptors (Lipinski definition) is 4. The maximum absolute atomic E-state index is 11.1. The summed E-state index contributed by atoms with van der Waals surface area (Å²) in [5.74, 6) is 0.277. The fourth-order valence-electron chi connectivity index (χ4n) is 2.61. The van der Waals surface area contributed by atoms with Crippen LogP contribution in [-0.4, -0.2) is 24.6 Å². The van der Waals surface area contributed by atoms with Crippen LogP contribution in [0, 0.1) is 5.92 Å². The van der Waals surface area contributed by atoms with Gasteiger partial charge in [0.25, 0.3) is 0 Å². The molecule has 0 bridgehead atoms. The zero-order chi connectivity index (χ0) is 12.7. The molecule has 0 unspecified atom stereocenters. The van der Waals surface area contributed by atoms with Crippen LogP contribution in [-0.2, 0) is 0 Å². The third-order valence-corrected chi connectivity index (χ3v) is 3.65. The molecule has 1 fully saturated rings. The van der Waals surface area contributed by atoms with Crippen LogP contribution in [0.25, 0.3) is 11.1 Å². The van der Waals surface area contributed by atoms with E-state index in [1.54, 1.807) is 0 Å². The normalized spacial score (nSPS) is 23.0. The van der Waals surface area contributed by atoms with Crippen LogP contribution in [0.2, 0.25) is 0 Å². The molecule has 1 heterocycles. The largest absolute Gasteiger partial charge is 0.417 e. The van der Waals surface area contributed by atoms with Crippen molar-refractivity contribution in [2.75, 3.05) is 18.5 Å². The number of rotatable bonds is 3. The molecule has 3 N–H and O–H groups in total. The molecular weight excluding hydrogens is 230 g/mol. The highest BCUT2D eigenvalue weighted by Crippen LogP contribution is 2.28. The first-order valence-electron chi connectivity index (χ1n) is 6.21. The molecule has 0 saturated heterocycles. The molecule has 1 aliphatic carbocycles. The van der Waals surface area contributed by atoms with Gasteiger partial charge in [-0.25, -0.2) is 4.79 Å². The van der Waals surface area contributed by atoms with Gasteiger partial charge in [0.05, 0.1) is 5.52 Å². The van der Waals surface area contributed by atoms with Gasteiger partial charge in [0.1, 0.15) is 0 Å². The molecule has 96 valence electrons. The highest BCUT2D eigenvalue weighted by Gasteiger charge is 2.26. The number of hydrogen-bond donors (Lipinski definition) is 2. The van der Waals surface area contributed by atoms with E-state index in [1.165, 1.54) is 0 Å². The third kappa shape index (κ3) is 2.01. The Bertz CT molecular complexity index is 610. The van der Waals surface area contributed by atoms with Gasteiger partial charge in [0.2, 0.25) is 0 Å². The van der Waals surface area contributed by atoms with Crippen molar-refractivity contribution in [2.45, 2.75) is 18.9 Å². The number of aromatic nitrogens is 1. The van der Waals surface area contributed by atoms with Gasteiger partial charge in [-0.15, -0.1) is 0 Å². The van der Waals surface area contributed by atoms with Gasteiger partial charge >= 0.3 is 5.76 Å². The van der Waals surface area contributed by atoms with E-state index in [-0.39, 0.29) is 0 Å².